The fourth-order valence-electron chi connectivity index (χ4n) is 2.11. The molecule has 2 N–H and O–H groups in total. The van der Waals surface area contributed by atoms with Crippen molar-refractivity contribution in [3.05, 3.63) is 57.2 Å². The van der Waals surface area contributed by atoms with Crippen molar-refractivity contribution >= 4 is 28.8 Å². The minimum absolute atomic E-state index is 0.0118. The van der Waals surface area contributed by atoms with Gasteiger partial charge in [-0.05, 0) is 36.9 Å². The number of thiophene rings is 1. The average Bonchev–Trinajstić information content (AvgIpc) is 2.98. The van der Waals surface area contributed by atoms with Gasteiger partial charge >= 0.3 is 0 Å². The highest BCUT2D eigenvalue weighted by Crippen LogP contribution is 2.22. The van der Waals surface area contributed by atoms with Gasteiger partial charge in [0, 0.05) is 15.9 Å². The van der Waals surface area contributed by atoms with Crippen molar-refractivity contribution in [2.75, 3.05) is 0 Å². The van der Waals surface area contributed by atoms with Crippen molar-refractivity contribution in [2.45, 2.75) is 32.5 Å². The molecule has 2 aromatic rings. The molecule has 0 aliphatic heterocycles. The van der Waals surface area contributed by atoms with E-state index in [-0.39, 0.29) is 18.0 Å². The summed E-state index contributed by atoms with van der Waals surface area (Å²) in [7, 11) is 0. The molecule has 0 radical (unpaired) electrons. The van der Waals surface area contributed by atoms with Crippen LogP contribution in [0.5, 0.6) is 0 Å². The Morgan fingerprint density at radius 1 is 1.24 bits per heavy atom. The standard InChI is InChI=1S/C16H19ClN2OS/c1-11(14-7-3-4-8-15(14)17)19-12(2)16(20)18-10-13-6-5-9-21-13/h3-9,11-12,19H,10H2,1-2H3,(H,18,20). The third kappa shape index (κ3) is 4.56. The van der Waals surface area contributed by atoms with Gasteiger partial charge in [-0.2, -0.15) is 0 Å². The van der Waals surface area contributed by atoms with Gasteiger partial charge in [-0.1, -0.05) is 35.9 Å². The molecule has 0 saturated carbocycles. The number of hydrogen-bond acceptors (Lipinski definition) is 3. The number of halogens is 1. The molecule has 2 atom stereocenters. The second-order valence-electron chi connectivity index (χ2n) is 4.93. The minimum atomic E-state index is -0.281. The summed E-state index contributed by atoms with van der Waals surface area (Å²) in [5.74, 6) is -0.0118. The molecule has 0 bridgehead atoms. The largest absolute Gasteiger partial charge is 0.350 e. The van der Waals surface area contributed by atoms with Gasteiger partial charge in [-0.15, -0.1) is 11.3 Å². The Labute approximate surface area is 134 Å². The van der Waals surface area contributed by atoms with E-state index in [9.17, 15) is 4.79 Å². The van der Waals surface area contributed by atoms with Crippen LogP contribution < -0.4 is 10.6 Å². The van der Waals surface area contributed by atoms with E-state index in [0.29, 0.717) is 11.6 Å². The van der Waals surface area contributed by atoms with E-state index in [1.54, 1.807) is 11.3 Å². The molecule has 5 heteroatoms. The van der Waals surface area contributed by atoms with Gasteiger partial charge in [-0.3, -0.25) is 10.1 Å². The third-order valence-corrected chi connectivity index (χ3v) is 4.50. The zero-order valence-corrected chi connectivity index (χ0v) is 13.7. The molecule has 0 aliphatic carbocycles. The van der Waals surface area contributed by atoms with Crippen molar-refractivity contribution in [2.24, 2.45) is 0 Å². The van der Waals surface area contributed by atoms with Crippen LogP contribution in [0.3, 0.4) is 0 Å². The zero-order chi connectivity index (χ0) is 15.2. The van der Waals surface area contributed by atoms with Crippen LogP contribution in [-0.2, 0) is 11.3 Å². The Balaban J connectivity index is 1.87. The monoisotopic (exact) mass is 322 g/mol. The number of amides is 1. The number of rotatable bonds is 6. The van der Waals surface area contributed by atoms with Crippen LogP contribution in [0.25, 0.3) is 0 Å². The first-order chi connectivity index (χ1) is 10.1. The lowest BCUT2D eigenvalue weighted by atomic mass is 10.1. The Morgan fingerprint density at radius 3 is 2.67 bits per heavy atom. The highest BCUT2D eigenvalue weighted by molar-refractivity contribution is 7.09. The molecule has 0 fully saturated rings. The SMILES string of the molecule is CC(NC(C)c1ccccc1Cl)C(=O)NCc1cccs1. The van der Waals surface area contributed by atoms with E-state index >= 15 is 0 Å². The van der Waals surface area contributed by atoms with Crippen LogP contribution in [-0.4, -0.2) is 11.9 Å². The first-order valence-electron chi connectivity index (χ1n) is 6.88. The normalized spacial score (nSPS) is 13.7. The summed E-state index contributed by atoms with van der Waals surface area (Å²) in [6.45, 7) is 4.43. The molecule has 0 aliphatic rings. The number of benzene rings is 1. The fraction of sp³-hybridized carbons (Fsp3) is 0.312. The van der Waals surface area contributed by atoms with Crippen molar-refractivity contribution in [1.82, 2.24) is 10.6 Å². The van der Waals surface area contributed by atoms with E-state index < -0.39 is 0 Å². The molecule has 1 amide bonds. The average molecular weight is 323 g/mol. The number of nitrogens with one attached hydrogen (secondary N) is 2. The Bertz CT molecular complexity index is 586. The molecule has 1 aromatic carbocycles. The van der Waals surface area contributed by atoms with Gasteiger partial charge in [0.15, 0.2) is 0 Å². The quantitative estimate of drug-likeness (QED) is 0.850. The van der Waals surface area contributed by atoms with Gasteiger partial charge in [0.25, 0.3) is 0 Å². The van der Waals surface area contributed by atoms with Gasteiger partial charge in [0.2, 0.25) is 5.91 Å². The predicted molar refractivity (Wildman–Crippen MR) is 88.6 cm³/mol. The maximum absolute atomic E-state index is 12.1. The number of carbonyl (C=O) groups is 1. The summed E-state index contributed by atoms with van der Waals surface area (Å²) in [6.07, 6.45) is 0. The third-order valence-electron chi connectivity index (χ3n) is 3.28. The second-order valence-corrected chi connectivity index (χ2v) is 6.37. The van der Waals surface area contributed by atoms with Crippen LogP contribution in [0, 0.1) is 0 Å². The fourth-order valence-corrected chi connectivity index (χ4v) is 3.05. The van der Waals surface area contributed by atoms with Crippen LogP contribution in [0.2, 0.25) is 5.02 Å². The molecule has 0 spiro atoms. The molecule has 3 nitrogen and oxygen atoms in total. The molecule has 0 saturated heterocycles. The summed E-state index contributed by atoms with van der Waals surface area (Å²) < 4.78 is 0. The molecule has 2 rings (SSSR count). The van der Waals surface area contributed by atoms with Crippen LogP contribution in [0.4, 0.5) is 0 Å². The first-order valence-corrected chi connectivity index (χ1v) is 8.14. The van der Waals surface area contributed by atoms with Gasteiger partial charge < -0.3 is 5.32 Å². The molecule has 2 unspecified atom stereocenters. The van der Waals surface area contributed by atoms with Crippen molar-refractivity contribution in [3.8, 4) is 0 Å². The molecule has 21 heavy (non-hydrogen) atoms. The maximum Gasteiger partial charge on any atom is 0.237 e. The van der Waals surface area contributed by atoms with Gasteiger partial charge in [0.05, 0.1) is 12.6 Å². The summed E-state index contributed by atoms with van der Waals surface area (Å²) >= 11 is 7.81. The molecule has 1 heterocycles. The Kier molecular flexibility index (Phi) is 5.79. The summed E-state index contributed by atoms with van der Waals surface area (Å²) in [4.78, 5) is 13.2. The maximum atomic E-state index is 12.1. The Morgan fingerprint density at radius 2 is 2.00 bits per heavy atom. The lowest BCUT2D eigenvalue weighted by Gasteiger charge is -2.20. The van der Waals surface area contributed by atoms with E-state index in [0.717, 1.165) is 10.4 Å². The van der Waals surface area contributed by atoms with Crippen molar-refractivity contribution in [3.63, 3.8) is 0 Å². The lowest BCUT2D eigenvalue weighted by Crippen LogP contribution is -2.42. The van der Waals surface area contributed by atoms with Crippen LogP contribution in [0.1, 0.15) is 30.3 Å². The summed E-state index contributed by atoms with van der Waals surface area (Å²) in [5, 5.41) is 8.92. The van der Waals surface area contributed by atoms with E-state index in [1.165, 1.54) is 0 Å². The van der Waals surface area contributed by atoms with Crippen molar-refractivity contribution < 1.29 is 4.79 Å². The van der Waals surface area contributed by atoms with E-state index in [2.05, 4.69) is 10.6 Å². The summed E-state index contributed by atoms with van der Waals surface area (Å²) in [6, 6.07) is 11.4. The highest BCUT2D eigenvalue weighted by atomic mass is 35.5. The van der Waals surface area contributed by atoms with E-state index in [4.69, 9.17) is 11.6 Å². The molecular weight excluding hydrogens is 304 g/mol. The topological polar surface area (TPSA) is 41.1 Å². The molecular formula is C16H19ClN2OS. The number of carbonyl (C=O) groups excluding carboxylic acids is 1. The van der Waals surface area contributed by atoms with Gasteiger partial charge in [0.1, 0.15) is 0 Å². The second kappa shape index (κ2) is 7.59. The molecule has 1 aromatic heterocycles. The van der Waals surface area contributed by atoms with Crippen LogP contribution >= 0.6 is 22.9 Å². The first kappa shape index (κ1) is 16.0. The number of hydrogen-bond donors (Lipinski definition) is 2. The lowest BCUT2D eigenvalue weighted by molar-refractivity contribution is -0.123. The van der Waals surface area contributed by atoms with Crippen molar-refractivity contribution in [1.29, 1.82) is 0 Å². The zero-order valence-electron chi connectivity index (χ0n) is 12.1. The predicted octanol–water partition coefficient (Wildman–Crippen LogP) is 3.76. The van der Waals surface area contributed by atoms with Crippen LogP contribution in [0.15, 0.2) is 41.8 Å². The van der Waals surface area contributed by atoms with E-state index in [1.807, 2.05) is 55.6 Å². The smallest absolute Gasteiger partial charge is 0.237 e. The Hall–Kier alpha value is -1.36. The minimum Gasteiger partial charge on any atom is -0.350 e. The highest BCUT2D eigenvalue weighted by Gasteiger charge is 2.17. The molecule has 112 valence electrons. The summed E-state index contributed by atoms with van der Waals surface area (Å²) in [5.41, 5.74) is 0.997. The van der Waals surface area contributed by atoms with Gasteiger partial charge in [-0.25, -0.2) is 0 Å².